The molecule has 104 valence electrons. The number of hydrogen-bond acceptors (Lipinski definition) is 4. The van der Waals surface area contributed by atoms with E-state index in [1.54, 1.807) is 6.07 Å². The van der Waals surface area contributed by atoms with Crippen molar-refractivity contribution in [3.05, 3.63) is 39.6 Å². The Hall–Kier alpha value is -1.66. The fourth-order valence-electron chi connectivity index (χ4n) is 2.42. The van der Waals surface area contributed by atoms with Gasteiger partial charge in [-0.05, 0) is 40.5 Å². The van der Waals surface area contributed by atoms with Gasteiger partial charge in [0, 0.05) is 0 Å². The summed E-state index contributed by atoms with van der Waals surface area (Å²) in [6.07, 6.45) is 3.03. The van der Waals surface area contributed by atoms with E-state index in [2.05, 4.69) is 20.8 Å². The zero-order valence-corrected chi connectivity index (χ0v) is 11.9. The molecular formula is C12H11Cl2N5O. The summed E-state index contributed by atoms with van der Waals surface area (Å²) < 4.78 is 1.38. The highest BCUT2D eigenvalue weighted by atomic mass is 35.5. The Kier molecular flexibility index (Phi) is 3.58. The molecular weight excluding hydrogens is 301 g/mol. The Balaban J connectivity index is 1.72. The zero-order valence-electron chi connectivity index (χ0n) is 10.4. The quantitative estimate of drug-likeness (QED) is 0.938. The minimum atomic E-state index is -0.138. The van der Waals surface area contributed by atoms with Crippen molar-refractivity contribution in [1.29, 1.82) is 0 Å². The molecule has 0 bridgehead atoms. The number of fused-ring (bicyclic) bond motifs is 1. The smallest absolute Gasteiger partial charge is 0.242 e. The fraction of sp³-hybridized carbons (Fsp3) is 0.333. The van der Waals surface area contributed by atoms with E-state index in [4.69, 9.17) is 23.2 Å². The van der Waals surface area contributed by atoms with Crippen LogP contribution in [0.1, 0.15) is 23.6 Å². The molecule has 2 aromatic rings. The van der Waals surface area contributed by atoms with E-state index in [1.165, 1.54) is 11.0 Å². The van der Waals surface area contributed by atoms with E-state index < -0.39 is 0 Å². The molecule has 0 spiro atoms. The van der Waals surface area contributed by atoms with Gasteiger partial charge < -0.3 is 5.32 Å². The molecule has 20 heavy (non-hydrogen) atoms. The topological polar surface area (TPSA) is 72.7 Å². The standard InChI is InChI=1S/C12H11Cl2N5O/c13-9-3-1-7-8(12(9)14)2-4-10(7)16-11(20)5-19-6-15-17-18-19/h1,3,6,10H,2,4-5H2,(H,16,20)/t10-/m1/s1. The molecule has 0 aliphatic heterocycles. The highest BCUT2D eigenvalue weighted by Gasteiger charge is 2.26. The van der Waals surface area contributed by atoms with Gasteiger partial charge in [-0.2, -0.15) is 0 Å². The van der Waals surface area contributed by atoms with E-state index in [0.29, 0.717) is 10.0 Å². The molecule has 6 nitrogen and oxygen atoms in total. The van der Waals surface area contributed by atoms with Crippen LogP contribution in [0.5, 0.6) is 0 Å². The second-order valence-corrected chi connectivity index (χ2v) is 5.38. The molecule has 1 aromatic heterocycles. The van der Waals surface area contributed by atoms with Crippen molar-refractivity contribution >= 4 is 29.1 Å². The van der Waals surface area contributed by atoms with Gasteiger partial charge in [-0.15, -0.1) is 5.10 Å². The molecule has 3 rings (SSSR count). The number of rotatable bonds is 3. The number of nitrogens with zero attached hydrogens (tertiary/aromatic N) is 4. The summed E-state index contributed by atoms with van der Waals surface area (Å²) in [5, 5.41) is 14.7. The van der Waals surface area contributed by atoms with Gasteiger partial charge in [-0.25, -0.2) is 4.68 Å². The second kappa shape index (κ2) is 5.38. The third kappa shape index (κ3) is 2.48. The lowest BCUT2D eigenvalue weighted by Crippen LogP contribution is -2.30. The number of carbonyl (C=O) groups excluding carboxylic acids is 1. The fourth-order valence-corrected chi connectivity index (χ4v) is 2.87. The van der Waals surface area contributed by atoms with Gasteiger partial charge in [-0.1, -0.05) is 29.3 Å². The first kappa shape index (κ1) is 13.3. The first-order chi connectivity index (χ1) is 9.65. The predicted octanol–water partition coefficient (Wildman–Crippen LogP) is 1.78. The number of halogens is 2. The van der Waals surface area contributed by atoms with Gasteiger partial charge >= 0.3 is 0 Å². The van der Waals surface area contributed by atoms with Crippen LogP contribution in [0, 0.1) is 0 Å². The third-order valence-electron chi connectivity index (χ3n) is 3.32. The average molecular weight is 312 g/mol. The van der Waals surface area contributed by atoms with Gasteiger partial charge in [0.1, 0.15) is 12.9 Å². The highest BCUT2D eigenvalue weighted by Crippen LogP contribution is 2.38. The van der Waals surface area contributed by atoms with Crippen molar-refractivity contribution in [1.82, 2.24) is 25.5 Å². The van der Waals surface area contributed by atoms with Crippen molar-refractivity contribution in [2.75, 3.05) is 0 Å². The van der Waals surface area contributed by atoms with Crippen LogP contribution in [0.4, 0.5) is 0 Å². The van der Waals surface area contributed by atoms with Gasteiger partial charge in [0.15, 0.2) is 0 Å². The first-order valence-electron chi connectivity index (χ1n) is 6.12. The summed E-state index contributed by atoms with van der Waals surface area (Å²) in [6.45, 7) is 0.0974. The lowest BCUT2D eigenvalue weighted by atomic mass is 10.1. The Bertz CT molecular complexity index is 644. The largest absolute Gasteiger partial charge is 0.348 e. The van der Waals surface area contributed by atoms with Crippen molar-refractivity contribution in [3.8, 4) is 0 Å². The number of hydrogen-bond donors (Lipinski definition) is 1. The van der Waals surface area contributed by atoms with E-state index >= 15 is 0 Å². The molecule has 0 radical (unpaired) electrons. The number of aromatic nitrogens is 4. The van der Waals surface area contributed by atoms with Crippen LogP contribution in [0.3, 0.4) is 0 Å². The highest BCUT2D eigenvalue weighted by molar-refractivity contribution is 6.42. The number of amides is 1. The number of nitrogens with one attached hydrogen (secondary N) is 1. The molecule has 1 atom stereocenters. The maximum Gasteiger partial charge on any atom is 0.242 e. The predicted molar refractivity (Wildman–Crippen MR) is 73.5 cm³/mol. The van der Waals surface area contributed by atoms with E-state index in [1.807, 2.05) is 6.07 Å². The van der Waals surface area contributed by atoms with Gasteiger partial charge in [-0.3, -0.25) is 4.79 Å². The Morgan fingerprint density at radius 1 is 1.45 bits per heavy atom. The summed E-state index contributed by atoms with van der Waals surface area (Å²) in [6, 6.07) is 3.64. The molecule has 1 heterocycles. The molecule has 1 amide bonds. The van der Waals surface area contributed by atoms with Crippen molar-refractivity contribution in [2.24, 2.45) is 0 Å². The molecule has 1 N–H and O–H groups in total. The summed E-state index contributed by atoms with van der Waals surface area (Å²) in [5.41, 5.74) is 2.05. The number of carbonyl (C=O) groups is 1. The molecule has 8 heteroatoms. The van der Waals surface area contributed by atoms with Crippen molar-refractivity contribution in [3.63, 3.8) is 0 Å². The zero-order chi connectivity index (χ0) is 14.1. The molecule has 0 saturated heterocycles. The maximum absolute atomic E-state index is 11.9. The van der Waals surface area contributed by atoms with Crippen LogP contribution < -0.4 is 5.32 Å². The molecule has 1 aliphatic carbocycles. The van der Waals surface area contributed by atoms with Gasteiger partial charge in [0.05, 0.1) is 16.1 Å². The van der Waals surface area contributed by atoms with Crippen molar-refractivity contribution < 1.29 is 4.79 Å². The van der Waals surface area contributed by atoms with E-state index in [-0.39, 0.29) is 18.5 Å². The normalized spacial score (nSPS) is 17.0. The number of tetrazole rings is 1. The van der Waals surface area contributed by atoms with Crippen molar-refractivity contribution in [2.45, 2.75) is 25.4 Å². The lowest BCUT2D eigenvalue weighted by molar-refractivity contribution is -0.122. The maximum atomic E-state index is 11.9. The molecule has 0 unspecified atom stereocenters. The minimum Gasteiger partial charge on any atom is -0.348 e. The number of benzene rings is 1. The van der Waals surface area contributed by atoms with Gasteiger partial charge in [0.25, 0.3) is 0 Å². The van der Waals surface area contributed by atoms with Crippen LogP contribution in [-0.2, 0) is 17.8 Å². The first-order valence-corrected chi connectivity index (χ1v) is 6.87. The molecule has 1 aromatic carbocycles. The SMILES string of the molecule is O=C(Cn1cnnn1)N[C@@H]1CCc2c1ccc(Cl)c2Cl. The Morgan fingerprint density at radius 3 is 3.05 bits per heavy atom. The van der Waals surface area contributed by atoms with E-state index in [9.17, 15) is 4.79 Å². The third-order valence-corrected chi connectivity index (χ3v) is 4.17. The molecule has 0 fully saturated rings. The Morgan fingerprint density at radius 2 is 2.30 bits per heavy atom. The molecule has 0 saturated carbocycles. The minimum absolute atomic E-state index is 0.0382. The van der Waals surface area contributed by atoms with E-state index in [0.717, 1.165) is 24.0 Å². The summed E-state index contributed by atoms with van der Waals surface area (Å²) >= 11 is 12.2. The second-order valence-electron chi connectivity index (χ2n) is 4.60. The van der Waals surface area contributed by atoms with Crippen LogP contribution in [0.15, 0.2) is 18.5 Å². The summed E-state index contributed by atoms with van der Waals surface area (Å²) in [7, 11) is 0. The average Bonchev–Trinajstić information content (AvgIpc) is 3.04. The summed E-state index contributed by atoms with van der Waals surface area (Å²) in [4.78, 5) is 11.9. The van der Waals surface area contributed by atoms with Crippen LogP contribution >= 0.6 is 23.2 Å². The van der Waals surface area contributed by atoms with Crippen LogP contribution in [0.2, 0.25) is 10.0 Å². The summed E-state index contributed by atoms with van der Waals surface area (Å²) in [5.74, 6) is -0.138. The lowest BCUT2D eigenvalue weighted by Gasteiger charge is -2.14. The van der Waals surface area contributed by atoms with Crippen LogP contribution in [-0.4, -0.2) is 26.1 Å². The monoisotopic (exact) mass is 311 g/mol. The molecule has 1 aliphatic rings. The van der Waals surface area contributed by atoms with Gasteiger partial charge in [0.2, 0.25) is 5.91 Å². The van der Waals surface area contributed by atoms with Crippen LogP contribution in [0.25, 0.3) is 0 Å². The Labute approximate surface area is 125 Å².